The SMILES string of the molecule is CC(C)C(O)CNC(=O)Nc1c(F)cc(F)cc1Cl. The maximum Gasteiger partial charge on any atom is 0.319 e. The molecule has 0 heterocycles. The van der Waals surface area contributed by atoms with Gasteiger partial charge in [0, 0.05) is 12.6 Å². The molecule has 0 aliphatic rings. The molecule has 0 aromatic heterocycles. The minimum Gasteiger partial charge on any atom is -0.391 e. The molecule has 0 saturated heterocycles. The molecule has 4 nitrogen and oxygen atoms in total. The van der Waals surface area contributed by atoms with Crippen LogP contribution in [0.4, 0.5) is 19.3 Å². The Bertz CT molecular complexity index is 446. The standard InChI is InChI=1S/C12H15ClF2N2O2/c1-6(2)10(18)5-16-12(19)17-11-8(13)3-7(14)4-9(11)15/h3-4,6,10,18H,5H2,1-2H3,(H2,16,17,19). The molecule has 0 radical (unpaired) electrons. The van der Waals surface area contributed by atoms with Crippen LogP contribution < -0.4 is 10.6 Å². The van der Waals surface area contributed by atoms with Gasteiger partial charge in [-0.2, -0.15) is 0 Å². The van der Waals surface area contributed by atoms with Crippen molar-refractivity contribution in [2.24, 2.45) is 5.92 Å². The molecule has 1 atom stereocenters. The molecule has 1 unspecified atom stereocenters. The molecule has 7 heteroatoms. The van der Waals surface area contributed by atoms with Crippen LogP contribution in [0.3, 0.4) is 0 Å². The number of hydrogen-bond acceptors (Lipinski definition) is 2. The fourth-order valence-corrected chi connectivity index (χ4v) is 1.49. The molecule has 19 heavy (non-hydrogen) atoms. The van der Waals surface area contributed by atoms with E-state index in [-0.39, 0.29) is 23.2 Å². The van der Waals surface area contributed by atoms with E-state index in [0.717, 1.165) is 6.07 Å². The highest BCUT2D eigenvalue weighted by Crippen LogP contribution is 2.26. The number of aliphatic hydroxyl groups excluding tert-OH is 1. The van der Waals surface area contributed by atoms with Crippen molar-refractivity contribution in [1.29, 1.82) is 0 Å². The van der Waals surface area contributed by atoms with Crippen molar-refractivity contribution in [3.8, 4) is 0 Å². The zero-order chi connectivity index (χ0) is 14.6. The van der Waals surface area contributed by atoms with Crippen molar-refractivity contribution in [2.75, 3.05) is 11.9 Å². The van der Waals surface area contributed by atoms with Gasteiger partial charge in [-0.15, -0.1) is 0 Å². The number of hydrogen-bond donors (Lipinski definition) is 3. The predicted octanol–water partition coefficient (Wildman–Crippen LogP) is 2.76. The van der Waals surface area contributed by atoms with Crippen molar-refractivity contribution in [2.45, 2.75) is 20.0 Å². The molecule has 2 amide bonds. The summed E-state index contributed by atoms with van der Waals surface area (Å²) in [7, 11) is 0. The number of amides is 2. The van der Waals surface area contributed by atoms with Gasteiger partial charge in [-0.1, -0.05) is 25.4 Å². The maximum atomic E-state index is 13.4. The molecule has 1 aromatic carbocycles. The first-order valence-corrected chi connectivity index (χ1v) is 6.06. The monoisotopic (exact) mass is 292 g/mol. The summed E-state index contributed by atoms with van der Waals surface area (Å²) in [5.41, 5.74) is -0.306. The summed E-state index contributed by atoms with van der Waals surface area (Å²) in [6.07, 6.45) is -0.709. The number of nitrogens with one attached hydrogen (secondary N) is 2. The molecule has 1 rings (SSSR count). The molecular formula is C12H15ClF2N2O2. The second-order valence-corrected chi connectivity index (χ2v) is 4.80. The number of halogens is 3. The summed E-state index contributed by atoms with van der Waals surface area (Å²) in [6, 6.07) is 0.778. The highest BCUT2D eigenvalue weighted by Gasteiger charge is 2.14. The van der Waals surface area contributed by atoms with Gasteiger partial charge >= 0.3 is 6.03 Å². The van der Waals surface area contributed by atoms with Crippen molar-refractivity contribution in [1.82, 2.24) is 5.32 Å². The molecule has 0 bridgehead atoms. The number of carbonyl (C=O) groups excluding carboxylic acids is 1. The van der Waals surface area contributed by atoms with E-state index >= 15 is 0 Å². The van der Waals surface area contributed by atoms with E-state index in [9.17, 15) is 18.7 Å². The van der Waals surface area contributed by atoms with E-state index in [4.69, 9.17) is 11.6 Å². The lowest BCUT2D eigenvalue weighted by molar-refractivity contribution is 0.126. The van der Waals surface area contributed by atoms with Crippen LogP contribution in [0.2, 0.25) is 5.02 Å². The normalized spacial score (nSPS) is 12.4. The van der Waals surface area contributed by atoms with Crippen LogP contribution in [-0.4, -0.2) is 23.8 Å². The molecule has 0 saturated carbocycles. The number of urea groups is 1. The highest BCUT2D eigenvalue weighted by molar-refractivity contribution is 6.33. The van der Waals surface area contributed by atoms with Gasteiger partial charge in [0.25, 0.3) is 0 Å². The van der Waals surface area contributed by atoms with Crippen LogP contribution in [0.15, 0.2) is 12.1 Å². The number of aliphatic hydroxyl groups is 1. The predicted molar refractivity (Wildman–Crippen MR) is 69.2 cm³/mol. The topological polar surface area (TPSA) is 61.4 Å². The van der Waals surface area contributed by atoms with E-state index in [1.54, 1.807) is 13.8 Å². The molecule has 0 spiro atoms. The Labute approximate surface area is 114 Å². The highest BCUT2D eigenvalue weighted by atomic mass is 35.5. The first-order chi connectivity index (χ1) is 8.81. The second-order valence-electron chi connectivity index (χ2n) is 4.39. The summed E-state index contributed by atoms with van der Waals surface area (Å²) in [6.45, 7) is 3.60. The Balaban J connectivity index is 2.63. The minimum atomic E-state index is -0.968. The second kappa shape index (κ2) is 6.68. The molecule has 0 fully saturated rings. The van der Waals surface area contributed by atoms with E-state index in [0.29, 0.717) is 6.07 Å². The number of anilines is 1. The summed E-state index contributed by atoms with van der Waals surface area (Å²) in [4.78, 5) is 11.5. The Morgan fingerprint density at radius 3 is 2.58 bits per heavy atom. The zero-order valence-electron chi connectivity index (χ0n) is 10.5. The third-order valence-electron chi connectivity index (χ3n) is 2.49. The van der Waals surface area contributed by atoms with Crippen LogP contribution in [-0.2, 0) is 0 Å². The average molecular weight is 293 g/mol. The first-order valence-electron chi connectivity index (χ1n) is 5.68. The summed E-state index contributed by atoms with van der Waals surface area (Å²) in [5.74, 6) is -1.82. The van der Waals surface area contributed by atoms with Crippen LogP contribution in [0, 0.1) is 17.6 Å². The van der Waals surface area contributed by atoms with Gasteiger partial charge in [-0.3, -0.25) is 0 Å². The Morgan fingerprint density at radius 1 is 1.42 bits per heavy atom. The van der Waals surface area contributed by atoms with Gasteiger partial charge in [-0.25, -0.2) is 13.6 Å². The van der Waals surface area contributed by atoms with Gasteiger partial charge in [0.15, 0.2) is 5.82 Å². The number of rotatable bonds is 4. The first kappa shape index (κ1) is 15.7. The third-order valence-corrected chi connectivity index (χ3v) is 2.78. The van der Waals surface area contributed by atoms with Crippen LogP contribution in [0.25, 0.3) is 0 Å². The molecule has 0 aliphatic heterocycles. The van der Waals surface area contributed by atoms with Crippen molar-refractivity contribution < 1.29 is 18.7 Å². The summed E-state index contributed by atoms with van der Waals surface area (Å²) < 4.78 is 26.2. The number of carbonyl (C=O) groups is 1. The molecule has 106 valence electrons. The molecule has 0 aliphatic carbocycles. The summed E-state index contributed by atoms with van der Waals surface area (Å²) in [5, 5.41) is 13.8. The van der Waals surface area contributed by atoms with Crippen LogP contribution in [0.1, 0.15) is 13.8 Å². The quantitative estimate of drug-likeness (QED) is 0.799. The van der Waals surface area contributed by atoms with E-state index in [1.807, 2.05) is 0 Å². The molecular weight excluding hydrogens is 278 g/mol. The lowest BCUT2D eigenvalue weighted by Crippen LogP contribution is -2.37. The lowest BCUT2D eigenvalue weighted by atomic mass is 10.1. The lowest BCUT2D eigenvalue weighted by Gasteiger charge is -2.16. The maximum absolute atomic E-state index is 13.4. The summed E-state index contributed by atoms with van der Waals surface area (Å²) >= 11 is 5.62. The Morgan fingerprint density at radius 2 is 2.05 bits per heavy atom. The van der Waals surface area contributed by atoms with Crippen molar-refractivity contribution >= 4 is 23.3 Å². The largest absolute Gasteiger partial charge is 0.391 e. The fraction of sp³-hybridized carbons (Fsp3) is 0.417. The van der Waals surface area contributed by atoms with Crippen LogP contribution >= 0.6 is 11.6 Å². The van der Waals surface area contributed by atoms with E-state index in [1.165, 1.54) is 0 Å². The minimum absolute atomic E-state index is 0.0178. The Kier molecular flexibility index (Phi) is 5.50. The van der Waals surface area contributed by atoms with E-state index in [2.05, 4.69) is 10.6 Å². The third kappa shape index (κ3) is 4.65. The fourth-order valence-electron chi connectivity index (χ4n) is 1.25. The van der Waals surface area contributed by atoms with E-state index < -0.39 is 23.8 Å². The van der Waals surface area contributed by atoms with Crippen LogP contribution in [0.5, 0.6) is 0 Å². The zero-order valence-corrected chi connectivity index (χ0v) is 11.3. The smallest absolute Gasteiger partial charge is 0.319 e. The Hall–Kier alpha value is -1.40. The van der Waals surface area contributed by atoms with Gasteiger partial charge in [-0.05, 0) is 12.0 Å². The van der Waals surface area contributed by atoms with Gasteiger partial charge in [0.05, 0.1) is 16.8 Å². The van der Waals surface area contributed by atoms with Gasteiger partial charge < -0.3 is 15.7 Å². The average Bonchev–Trinajstić information content (AvgIpc) is 2.30. The molecule has 3 N–H and O–H groups in total. The molecule has 1 aromatic rings. The van der Waals surface area contributed by atoms with Gasteiger partial charge in [0.1, 0.15) is 5.82 Å². The van der Waals surface area contributed by atoms with Crippen molar-refractivity contribution in [3.63, 3.8) is 0 Å². The number of benzene rings is 1. The van der Waals surface area contributed by atoms with Gasteiger partial charge in [0.2, 0.25) is 0 Å². The van der Waals surface area contributed by atoms with Crippen molar-refractivity contribution in [3.05, 3.63) is 28.8 Å².